The summed E-state index contributed by atoms with van der Waals surface area (Å²) in [5.74, 6) is -2.67. The second kappa shape index (κ2) is 7.82. The predicted molar refractivity (Wildman–Crippen MR) is 111 cm³/mol. The Morgan fingerprint density at radius 3 is 2.62 bits per heavy atom. The lowest BCUT2D eigenvalue weighted by Crippen LogP contribution is -2.55. The van der Waals surface area contributed by atoms with Crippen molar-refractivity contribution < 1.29 is 13.6 Å². The van der Waals surface area contributed by atoms with E-state index in [2.05, 4.69) is 26.0 Å². The van der Waals surface area contributed by atoms with E-state index >= 15 is 0 Å². The molecule has 5 rings (SSSR count). The number of fused-ring (bicyclic) bond motifs is 3. The normalized spacial score (nSPS) is 20.5. The van der Waals surface area contributed by atoms with Gasteiger partial charge < -0.3 is 9.80 Å². The zero-order chi connectivity index (χ0) is 22.3. The summed E-state index contributed by atoms with van der Waals surface area (Å²) in [7, 11) is 0. The minimum atomic E-state index is -3.20. The molecule has 5 heterocycles. The largest absolute Gasteiger partial charge is 0.347 e. The van der Waals surface area contributed by atoms with Crippen molar-refractivity contribution in [3.8, 4) is 6.07 Å². The highest BCUT2D eigenvalue weighted by molar-refractivity contribution is 5.77. The number of anilines is 1. The topological polar surface area (TPSA) is 90.4 Å². The quantitative estimate of drug-likeness (QED) is 0.610. The molecule has 0 N–H and O–H groups in total. The van der Waals surface area contributed by atoms with Crippen molar-refractivity contribution in [3.05, 3.63) is 54.1 Å². The fourth-order valence-corrected chi connectivity index (χ4v) is 4.76. The number of carbonyl (C=O) groups excluding carboxylic acids is 1. The summed E-state index contributed by atoms with van der Waals surface area (Å²) in [6.45, 7) is 0.975. The van der Waals surface area contributed by atoms with Crippen LogP contribution in [0.3, 0.4) is 0 Å². The third-order valence-corrected chi connectivity index (χ3v) is 6.31. The van der Waals surface area contributed by atoms with Gasteiger partial charge in [0.25, 0.3) is 5.92 Å². The minimum absolute atomic E-state index is 0.0996. The molecule has 2 fully saturated rings. The highest BCUT2D eigenvalue weighted by atomic mass is 19.3. The van der Waals surface area contributed by atoms with E-state index in [0.29, 0.717) is 24.3 Å². The van der Waals surface area contributed by atoms with Crippen molar-refractivity contribution in [2.45, 2.75) is 43.7 Å². The van der Waals surface area contributed by atoms with Gasteiger partial charge in [0.15, 0.2) is 5.65 Å². The van der Waals surface area contributed by atoms with Gasteiger partial charge in [-0.2, -0.15) is 19.1 Å². The van der Waals surface area contributed by atoms with Crippen LogP contribution in [0.5, 0.6) is 0 Å². The van der Waals surface area contributed by atoms with Crippen molar-refractivity contribution in [3.63, 3.8) is 0 Å². The van der Waals surface area contributed by atoms with Gasteiger partial charge in [0.2, 0.25) is 5.91 Å². The summed E-state index contributed by atoms with van der Waals surface area (Å²) in [6.07, 6.45) is 3.79. The molecule has 0 aromatic carbocycles. The monoisotopic (exact) mass is 437 g/mol. The Labute approximate surface area is 183 Å². The van der Waals surface area contributed by atoms with Crippen molar-refractivity contribution in [1.82, 2.24) is 24.5 Å². The molecule has 1 amide bonds. The second-order valence-corrected chi connectivity index (χ2v) is 8.25. The van der Waals surface area contributed by atoms with Gasteiger partial charge in [0.05, 0.1) is 5.56 Å². The van der Waals surface area contributed by atoms with Gasteiger partial charge in [-0.3, -0.25) is 4.79 Å². The van der Waals surface area contributed by atoms with Crippen molar-refractivity contribution in [1.29, 1.82) is 5.26 Å². The number of alkyl halides is 2. The van der Waals surface area contributed by atoms with Gasteiger partial charge in [0, 0.05) is 44.2 Å². The van der Waals surface area contributed by atoms with Crippen LogP contribution in [-0.2, 0) is 10.7 Å². The van der Waals surface area contributed by atoms with Gasteiger partial charge in [-0.25, -0.2) is 14.5 Å². The van der Waals surface area contributed by atoms with Crippen LogP contribution in [0.1, 0.15) is 36.9 Å². The lowest BCUT2D eigenvalue weighted by atomic mass is 10.1. The molecule has 2 bridgehead atoms. The number of likely N-dealkylation sites (tertiary alicyclic amines) is 1. The fourth-order valence-electron chi connectivity index (χ4n) is 4.76. The van der Waals surface area contributed by atoms with E-state index in [1.165, 1.54) is 18.5 Å². The molecule has 164 valence electrons. The summed E-state index contributed by atoms with van der Waals surface area (Å²) in [4.78, 5) is 25.1. The van der Waals surface area contributed by atoms with Crippen molar-refractivity contribution in [2.24, 2.45) is 0 Å². The molecule has 0 radical (unpaired) electrons. The van der Waals surface area contributed by atoms with E-state index in [4.69, 9.17) is 5.26 Å². The van der Waals surface area contributed by atoms with Crippen LogP contribution >= 0.6 is 0 Å². The highest BCUT2D eigenvalue weighted by Crippen LogP contribution is 2.36. The Bertz CT molecular complexity index is 1170. The van der Waals surface area contributed by atoms with Gasteiger partial charge in [-0.05, 0) is 37.1 Å². The first kappa shape index (κ1) is 20.3. The van der Waals surface area contributed by atoms with Gasteiger partial charge in [-0.15, -0.1) is 0 Å². The number of hydrogen-bond donors (Lipinski definition) is 0. The number of piperazine rings is 1. The smallest absolute Gasteiger partial charge is 0.290 e. The van der Waals surface area contributed by atoms with Crippen molar-refractivity contribution in [2.75, 3.05) is 18.0 Å². The number of hydrogen-bond acceptors (Lipinski definition) is 6. The summed E-state index contributed by atoms with van der Waals surface area (Å²) >= 11 is 0. The first-order chi connectivity index (χ1) is 15.5. The number of amides is 1. The number of pyridine rings is 2. The second-order valence-electron chi connectivity index (χ2n) is 8.25. The third-order valence-electron chi connectivity index (χ3n) is 6.31. The Morgan fingerprint density at radius 1 is 1.16 bits per heavy atom. The lowest BCUT2D eigenvalue weighted by Gasteiger charge is -2.42. The van der Waals surface area contributed by atoms with Gasteiger partial charge in [0.1, 0.15) is 23.9 Å². The van der Waals surface area contributed by atoms with Crippen LogP contribution in [0.4, 0.5) is 14.6 Å². The van der Waals surface area contributed by atoms with E-state index < -0.39 is 12.3 Å². The van der Waals surface area contributed by atoms with Crippen LogP contribution in [-0.4, -0.2) is 55.6 Å². The van der Waals surface area contributed by atoms with Crippen LogP contribution in [0.15, 0.2) is 42.9 Å². The molecule has 0 spiro atoms. The van der Waals surface area contributed by atoms with E-state index in [0.717, 1.165) is 23.2 Å². The number of aromatic nitrogens is 4. The summed E-state index contributed by atoms with van der Waals surface area (Å²) in [5, 5.41) is 12.8. The Kier molecular flexibility index (Phi) is 4.96. The maximum absolute atomic E-state index is 14.9. The van der Waals surface area contributed by atoms with Crippen LogP contribution in [0.25, 0.3) is 5.65 Å². The molecule has 10 heteroatoms. The Hall–Kier alpha value is -3.61. The Morgan fingerprint density at radius 2 is 1.94 bits per heavy atom. The maximum Gasteiger partial charge on any atom is 0.290 e. The van der Waals surface area contributed by atoms with Crippen molar-refractivity contribution >= 4 is 17.4 Å². The zero-order valence-electron chi connectivity index (χ0n) is 17.2. The number of carbonyl (C=O) groups is 1. The predicted octanol–water partition coefficient (Wildman–Crippen LogP) is 2.75. The third kappa shape index (κ3) is 3.53. The molecule has 3 aromatic heterocycles. The van der Waals surface area contributed by atoms with Gasteiger partial charge >= 0.3 is 0 Å². The molecule has 1 unspecified atom stereocenters. The average molecular weight is 437 g/mol. The lowest BCUT2D eigenvalue weighted by molar-refractivity contribution is -0.134. The van der Waals surface area contributed by atoms with Gasteiger partial charge in [-0.1, -0.05) is 6.07 Å². The van der Waals surface area contributed by atoms with Crippen LogP contribution in [0, 0.1) is 11.3 Å². The number of nitriles is 1. The molecular formula is C22H21F2N7O. The van der Waals surface area contributed by atoms with E-state index in [1.54, 1.807) is 23.2 Å². The number of rotatable bonds is 5. The molecule has 8 nitrogen and oxygen atoms in total. The fraction of sp³-hybridized carbons (Fsp3) is 0.409. The maximum atomic E-state index is 14.9. The number of nitrogens with zero attached hydrogens (tertiary/aromatic N) is 7. The molecule has 2 aliphatic rings. The molecule has 3 aromatic rings. The molecule has 2 aliphatic heterocycles. The molecule has 32 heavy (non-hydrogen) atoms. The van der Waals surface area contributed by atoms with E-state index in [9.17, 15) is 13.6 Å². The molecular weight excluding hydrogens is 416 g/mol. The van der Waals surface area contributed by atoms with E-state index in [-0.39, 0.29) is 30.1 Å². The standard InChI is InChI=1S/C22H21F2N7O/c23-22(24,18-2-1-3-20-27-14-28-31(18)20)9-8-21(32)29-12-16-5-6-17(13-29)30(16)19-7-4-15(10-25)11-26-19/h1-4,7,11,14,16-17H,5-6,8-9,12-13H2/t16-,17?/m0/s1. The Balaban J connectivity index is 1.24. The number of halogens is 2. The molecule has 0 saturated carbocycles. The highest BCUT2D eigenvalue weighted by Gasteiger charge is 2.43. The summed E-state index contributed by atoms with van der Waals surface area (Å²) in [5.41, 5.74) is 0.576. The zero-order valence-corrected chi connectivity index (χ0v) is 17.2. The molecule has 2 saturated heterocycles. The molecule has 2 atom stereocenters. The van der Waals surface area contributed by atoms with Crippen LogP contribution < -0.4 is 4.90 Å². The first-order valence-corrected chi connectivity index (χ1v) is 10.6. The minimum Gasteiger partial charge on any atom is -0.347 e. The summed E-state index contributed by atoms with van der Waals surface area (Å²) in [6, 6.07) is 10.3. The molecule has 0 aliphatic carbocycles. The first-order valence-electron chi connectivity index (χ1n) is 10.6. The van der Waals surface area contributed by atoms with E-state index in [1.807, 2.05) is 6.07 Å². The summed E-state index contributed by atoms with van der Waals surface area (Å²) < 4.78 is 30.9. The average Bonchev–Trinajstić information content (AvgIpc) is 3.39. The SMILES string of the molecule is N#Cc1ccc(N2C3CC[C@H]2CN(C(=O)CCC(F)(F)c2cccc4ncnn24)C3)nc1. The van der Waals surface area contributed by atoms with Crippen LogP contribution in [0.2, 0.25) is 0 Å².